The number of aromatic hydroxyl groups is 1. The van der Waals surface area contributed by atoms with E-state index in [1.54, 1.807) is 12.1 Å². The van der Waals surface area contributed by atoms with E-state index in [9.17, 15) is 29.1 Å². The summed E-state index contributed by atoms with van der Waals surface area (Å²) in [5.41, 5.74) is 7.71. The van der Waals surface area contributed by atoms with E-state index in [2.05, 4.69) is 21.3 Å². The molecular formula is C30H38N6O6. The van der Waals surface area contributed by atoms with Crippen molar-refractivity contribution < 1.29 is 29.1 Å². The Morgan fingerprint density at radius 3 is 2.43 bits per heavy atom. The van der Waals surface area contributed by atoms with Gasteiger partial charge in [-0.25, -0.2) is 0 Å². The highest BCUT2D eigenvalue weighted by Crippen LogP contribution is 2.20. The molecule has 0 aromatic heterocycles. The third-order valence-electron chi connectivity index (χ3n) is 7.51. The number of nitrogens with two attached hydrogens (primary N) is 1. The van der Waals surface area contributed by atoms with Gasteiger partial charge in [0.05, 0.1) is 12.6 Å². The number of phenols is 1. The lowest BCUT2D eigenvalue weighted by molar-refractivity contribution is -0.142. The molecule has 4 atom stereocenters. The average molecular weight is 579 g/mol. The van der Waals surface area contributed by atoms with Crippen LogP contribution < -0.4 is 27.0 Å². The summed E-state index contributed by atoms with van der Waals surface area (Å²) in [5, 5.41) is 20.4. The second kappa shape index (κ2) is 14.4. The van der Waals surface area contributed by atoms with E-state index in [0.717, 1.165) is 11.1 Å². The summed E-state index contributed by atoms with van der Waals surface area (Å²) < 4.78 is 0. The molecule has 2 aromatic carbocycles. The van der Waals surface area contributed by atoms with Gasteiger partial charge in [-0.3, -0.25) is 24.0 Å². The molecular weight excluding hydrogens is 540 g/mol. The fourth-order valence-electron chi connectivity index (χ4n) is 5.23. The molecule has 0 saturated carbocycles. The zero-order chi connectivity index (χ0) is 30.1. The molecule has 12 nitrogen and oxygen atoms in total. The first-order valence-corrected chi connectivity index (χ1v) is 14.2. The molecule has 7 N–H and O–H groups in total. The van der Waals surface area contributed by atoms with Gasteiger partial charge in [0.1, 0.15) is 23.9 Å². The van der Waals surface area contributed by atoms with Crippen molar-refractivity contribution in [1.82, 2.24) is 26.2 Å². The molecule has 2 fully saturated rings. The van der Waals surface area contributed by atoms with Crippen molar-refractivity contribution in [2.75, 3.05) is 19.6 Å². The van der Waals surface area contributed by atoms with Crippen LogP contribution in [0.15, 0.2) is 54.6 Å². The highest BCUT2D eigenvalue weighted by molar-refractivity contribution is 5.96. The molecule has 4 rings (SSSR count). The molecule has 0 spiro atoms. The lowest BCUT2D eigenvalue weighted by atomic mass is 10.0. The predicted octanol–water partition coefficient (Wildman–Crippen LogP) is -0.508. The number of rotatable bonds is 6. The van der Waals surface area contributed by atoms with E-state index in [4.69, 9.17) is 5.73 Å². The van der Waals surface area contributed by atoms with Crippen LogP contribution in [0.3, 0.4) is 0 Å². The minimum atomic E-state index is -1.02. The van der Waals surface area contributed by atoms with Gasteiger partial charge in [-0.1, -0.05) is 42.5 Å². The number of fused-ring (bicyclic) bond motifs is 1. The van der Waals surface area contributed by atoms with Gasteiger partial charge in [0.25, 0.3) is 0 Å². The first kappa shape index (κ1) is 30.5. The highest BCUT2D eigenvalue weighted by Gasteiger charge is 2.38. The number of hydrogen-bond donors (Lipinski definition) is 6. The van der Waals surface area contributed by atoms with E-state index >= 15 is 0 Å². The first-order valence-electron chi connectivity index (χ1n) is 14.2. The van der Waals surface area contributed by atoms with Crippen molar-refractivity contribution >= 4 is 29.5 Å². The molecule has 2 aromatic rings. The normalized spacial score (nSPS) is 23.0. The van der Waals surface area contributed by atoms with E-state index < -0.39 is 53.7 Å². The topological polar surface area (TPSA) is 183 Å². The van der Waals surface area contributed by atoms with Crippen molar-refractivity contribution in [3.05, 3.63) is 65.7 Å². The maximum atomic E-state index is 13.8. The van der Waals surface area contributed by atoms with Crippen molar-refractivity contribution in [3.63, 3.8) is 0 Å². The van der Waals surface area contributed by atoms with Gasteiger partial charge in [-0.15, -0.1) is 0 Å². The molecule has 0 bridgehead atoms. The van der Waals surface area contributed by atoms with Crippen molar-refractivity contribution in [1.29, 1.82) is 0 Å². The number of hydrogen-bond acceptors (Lipinski definition) is 7. The minimum absolute atomic E-state index is 0.0935. The largest absolute Gasteiger partial charge is 0.508 e. The number of nitrogens with one attached hydrogen (secondary N) is 4. The number of benzene rings is 2. The SMILES string of the molecule is N[C@@H](Cc1ccc(O)cc1)C(=O)N[C@H]1CCCNC(=O)CNC(=O)[C@H]2CCCN2C(=O)[C@H](Cc2ccccc2)NC1=O. The number of phenolic OH excluding ortho intramolecular Hbond substituents is 1. The summed E-state index contributed by atoms with van der Waals surface area (Å²) in [6, 6.07) is 11.8. The molecule has 2 aliphatic heterocycles. The standard InChI is InChI=1S/C30H38N6O6/c31-22(16-20-10-12-21(37)13-11-20)27(39)34-23-8-4-14-32-26(38)18-33-29(41)25-9-5-15-36(25)30(42)24(35-28(23)40)17-19-6-2-1-3-7-19/h1-3,6-7,10-13,22-25,37H,4-5,8-9,14-18,31H2,(H,32,38)(H,33,41)(H,34,39)(H,35,40)/t22-,23-,24-,25+/m0/s1. The Morgan fingerprint density at radius 1 is 0.952 bits per heavy atom. The monoisotopic (exact) mass is 578 g/mol. The number of carbonyl (C=O) groups is 5. The lowest BCUT2D eigenvalue weighted by Gasteiger charge is -2.30. The Balaban J connectivity index is 1.55. The summed E-state index contributed by atoms with van der Waals surface area (Å²) >= 11 is 0. The van der Waals surface area contributed by atoms with Crippen LogP contribution in [0.2, 0.25) is 0 Å². The third kappa shape index (κ3) is 8.29. The number of carbonyl (C=O) groups excluding carboxylic acids is 5. The Morgan fingerprint density at radius 2 is 1.69 bits per heavy atom. The van der Waals surface area contributed by atoms with Crippen LogP contribution in [0.1, 0.15) is 36.8 Å². The van der Waals surface area contributed by atoms with Gasteiger partial charge < -0.3 is 37.0 Å². The predicted molar refractivity (Wildman–Crippen MR) is 154 cm³/mol. The van der Waals surface area contributed by atoms with Crippen LogP contribution in [0.25, 0.3) is 0 Å². The van der Waals surface area contributed by atoms with E-state index in [0.29, 0.717) is 25.8 Å². The molecule has 224 valence electrons. The lowest BCUT2D eigenvalue weighted by Crippen LogP contribution is -2.58. The maximum absolute atomic E-state index is 13.8. The smallest absolute Gasteiger partial charge is 0.246 e. The zero-order valence-electron chi connectivity index (χ0n) is 23.4. The Kier molecular flexibility index (Phi) is 10.5. The fourth-order valence-corrected chi connectivity index (χ4v) is 5.23. The van der Waals surface area contributed by atoms with Crippen LogP contribution in [-0.4, -0.2) is 83.3 Å². The van der Waals surface area contributed by atoms with Crippen LogP contribution in [0.5, 0.6) is 5.75 Å². The molecule has 12 heteroatoms. The summed E-state index contributed by atoms with van der Waals surface area (Å²) in [7, 11) is 0. The van der Waals surface area contributed by atoms with E-state index in [1.165, 1.54) is 17.0 Å². The van der Waals surface area contributed by atoms with Crippen LogP contribution in [-0.2, 0) is 36.8 Å². The van der Waals surface area contributed by atoms with E-state index in [-0.39, 0.29) is 38.1 Å². The number of amides is 5. The second-order valence-electron chi connectivity index (χ2n) is 10.7. The third-order valence-corrected chi connectivity index (χ3v) is 7.51. The fraction of sp³-hybridized carbons (Fsp3) is 0.433. The summed E-state index contributed by atoms with van der Waals surface area (Å²) in [4.78, 5) is 67.2. The van der Waals surface area contributed by atoms with Gasteiger partial charge in [-0.05, 0) is 55.4 Å². The Hall–Kier alpha value is -4.45. The molecule has 5 amide bonds. The first-order chi connectivity index (χ1) is 20.2. The van der Waals surface area contributed by atoms with Crippen LogP contribution in [0.4, 0.5) is 0 Å². The van der Waals surface area contributed by atoms with Gasteiger partial charge in [0, 0.05) is 19.5 Å². The second-order valence-corrected chi connectivity index (χ2v) is 10.7. The molecule has 0 aliphatic carbocycles. The van der Waals surface area contributed by atoms with Gasteiger partial charge >= 0.3 is 0 Å². The van der Waals surface area contributed by atoms with Gasteiger partial charge in [0.15, 0.2) is 0 Å². The summed E-state index contributed by atoms with van der Waals surface area (Å²) in [5.74, 6) is -2.23. The zero-order valence-corrected chi connectivity index (χ0v) is 23.4. The summed E-state index contributed by atoms with van der Waals surface area (Å²) in [6.07, 6.45) is 1.95. The molecule has 0 radical (unpaired) electrons. The van der Waals surface area contributed by atoms with Crippen molar-refractivity contribution in [2.45, 2.75) is 62.7 Å². The summed E-state index contributed by atoms with van der Waals surface area (Å²) in [6.45, 7) is 0.334. The minimum Gasteiger partial charge on any atom is -0.508 e. The van der Waals surface area contributed by atoms with Crippen molar-refractivity contribution in [3.8, 4) is 5.75 Å². The number of nitrogens with zero attached hydrogens (tertiary/aromatic N) is 1. The van der Waals surface area contributed by atoms with Crippen LogP contribution >= 0.6 is 0 Å². The van der Waals surface area contributed by atoms with Crippen molar-refractivity contribution in [2.24, 2.45) is 5.73 Å². The van der Waals surface area contributed by atoms with Gasteiger partial charge in [0.2, 0.25) is 29.5 Å². The Labute approximate surface area is 244 Å². The maximum Gasteiger partial charge on any atom is 0.246 e. The quantitative estimate of drug-likeness (QED) is 0.267. The highest BCUT2D eigenvalue weighted by atomic mass is 16.3. The Bertz CT molecular complexity index is 1270. The molecule has 2 heterocycles. The van der Waals surface area contributed by atoms with Crippen LogP contribution in [0, 0.1) is 0 Å². The van der Waals surface area contributed by atoms with Gasteiger partial charge in [-0.2, -0.15) is 0 Å². The molecule has 2 aliphatic rings. The average Bonchev–Trinajstić information content (AvgIpc) is 3.48. The molecule has 42 heavy (non-hydrogen) atoms. The molecule has 0 unspecified atom stereocenters. The van der Waals surface area contributed by atoms with E-state index in [1.807, 2.05) is 30.3 Å². The molecule has 2 saturated heterocycles.